The van der Waals surface area contributed by atoms with Crippen molar-refractivity contribution in [3.05, 3.63) is 0 Å². The van der Waals surface area contributed by atoms with Crippen LogP contribution < -0.4 is 0 Å². The Bertz CT molecular complexity index is 150. The summed E-state index contributed by atoms with van der Waals surface area (Å²) in [5, 5.41) is 35.3. The molecular weight excluding hydrogens is 171 g/mol. The summed E-state index contributed by atoms with van der Waals surface area (Å²) in [6.45, 7) is -0.581. The fraction of sp³-hybridized carbons (Fsp3) is 1.00. The first-order valence-electron chi connectivity index (χ1n) is 3.52. The van der Waals surface area contributed by atoms with Gasteiger partial charge in [-0.2, -0.15) is 0 Å². The van der Waals surface area contributed by atoms with Crippen LogP contribution in [0.5, 0.6) is 0 Å². The van der Waals surface area contributed by atoms with Crippen molar-refractivity contribution in [2.24, 2.45) is 0 Å². The highest BCUT2D eigenvalue weighted by atomic mass is 19.1. The van der Waals surface area contributed by atoms with Gasteiger partial charge < -0.3 is 25.2 Å². The van der Waals surface area contributed by atoms with Crippen LogP contribution in [0.15, 0.2) is 0 Å². The van der Waals surface area contributed by atoms with Crippen molar-refractivity contribution in [1.82, 2.24) is 0 Å². The normalized spacial score (nSPS) is 49.2. The van der Waals surface area contributed by atoms with E-state index in [2.05, 4.69) is 4.74 Å². The van der Waals surface area contributed by atoms with Gasteiger partial charge in [0.2, 0.25) is 0 Å². The van der Waals surface area contributed by atoms with Crippen LogP contribution in [0.2, 0.25) is 0 Å². The number of rotatable bonds is 1. The molecule has 0 bridgehead atoms. The lowest BCUT2D eigenvalue weighted by molar-refractivity contribution is -0.271. The van der Waals surface area contributed by atoms with E-state index in [0.717, 1.165) is 0 Å². The van der Waals surface area contributed by atoms with Gasteiger partial charge in [0.15, 0.2) is 12.5 Å². The maximum absolute atomic E-state index is 12.7. The molecule has 6 heteroatoms. The predicted molar refractivity (Wildman–Crippen MR) is 34.9 cm³/mol. The third-order valence-electron chi connectivity index (χ3n) is 1.82. The molecule has 5 nitrogen and oxygen atoms in total. The van der Waals surface area contributed by atoms with Crippen molar-refractivity contribution < 1.29 is 29.6 Å². The zero-order chi connectivity index (χ0) is 9.30. The van der Waals surface area contributed by atoms with E-state index >= 15 is 0 Å². The number of halogens is 1. The zero-order valence-electron chi connectivity index (χ0n) is 6.17. The second kappa shape index (κ2) is 3.63. The smallest absolute Gasteiger partial charge is 0.189 e. The van der Waals surface area contributed by atoms with Crippen molar-refractivity contribution in [3.63, 3.8) is 0 Å². The summed E-state index contributed by atoms with van der Waals surface area (Å²) in [5.41, 5.74) is 0. The molecule has 1 rings (SSSR count). The average Bonchev–Trinajstić information content (AvgIpc) is 2.08. The molecule has 1 heterocycles. The molecule has 0 radical (unpaired) electrons. The minimum absolute atomic E-state index is 0.581. The molecule has 0 aromatic carbocycles. The molecule has 2 unspecified atom stereocenters. The number of aliphatic hydroxyl groups is 4. The molecule has 72 valence electrons. The average molecular weight is 182 g/mol. The third kappa shape index (κ3) is 1.57. The molecule has 0 saturated carbocycles. The van der Waals surface area contributed by atoms with Crippen LogP contribution in [0.25, 0.3) is 0 Å². The summed E-state index contributed by atoms with van der Waals surface area (Å²) in [4.78, 5) is 0. The first-order chi connectivity index (χ1) is 5.57. The number of alkyl halides is 1. The maximum atomic E-state index is 12.7. The van der Waals surface area contributed by atoms with E-state index < -0.39 is 37.4 Å². The molecule has 1 saturated heterocycles. The Morgan fingerprint density at radius 1 is 1.17 bits per heavy atom. The van der Waals surface area contributed by atoms with Crippen LogP contribution >= 0.6 is 0 Å². The Morgan fingerprint density at radius 2 is 1.75 bits per heavy atom. The van der Waals surface area contributed by atoms with E-state index in [1.165, 1.54) is 0 Å². The highest BCUT2D eigenvalue weighted by Gasteiger charge is 2.43. The Labute approximate surface area is 68.0 Å². The highest BCUT2D eigenvalue weighted by Crippen LogP contribution is 2.21. The monoisotopic (exact) mass is 182 g/mol. The second-order valence-electron chi connectivity index (χ2n) is 2.67. The van der Waals surface area contributed by atoms with Crippen molar-refractivity contribution in [2.45, 2.75) is 30.8 Å². The summed E-state index contributed by atoms with van der Waals surface area (Å²) in [7, 11) is 0. The van der Waals surface area contributed by atoms with Crippen LogP contribution in [0.1, 0.15) is 0 Å². The van der Waals surface area contributed by atoms with E-state index in [-0.39, 0.29) is 0 Å². The quantitative estimate of drug-likeness (QED) is 0.368. The Kier molecular flexibility index (Phi) is 2.97. The van der Waals surface area contributed by atoms with Crippen LogP contribution in [0.4, 0.5) is 4.39 Å². The van der Waals surface area contributed by atoms with Gasteiger partial charge in [-0.05, 0) is 0 Å². The largest absolute Gasteiger partial charge is 0.394 e. The van der Waals surface area contributed by atoms with Gasteiger partial charge in [-0.25, -0.2) is 4.39 Å². The van der Waals surface area contributed by atoms with E-state index in [1.807, 2.05) is 0 Å². The van der Waals surface area contributed by atoms with Crippen molar-refractivity contribution in [1.29, 1.82) is 0 Å². The Balaban J connectivity index is 2.63. The molecule has 1 aliphatic rings. The molecule has 0 aromatic rings. The van der Waals surface area contributed by atoms with Gasteiger partial charge in [0.05, 0.1) is 6.61 Å². The SMILES string of the molecule is OCC1O[C@@H](O)C(F)[C@@H](O)[C@@H]1O. The maximum Gasteiger partial charge on any atom is 0.189 e. The fourth-order valence-electron chi connectivity index (χ4n) is 1.06. The molecule has 0 spiro atoms. The standard InChI is InChI=1S/C6H11FO5/c7-3-5(10)4(9)2(1-8)12-6(3)11/h2-6,8-11H,1H2/t2?,3?,4-,5-,6-/m1/s1. The van der Waals surface area contributed by atoms with Crippen LogP contribution in [0, 0.1) is 0 Å². The lowest BCUT2D eigenvalue weighted by Gasteiger charge is -2.36. The van der Waals surface area contributed by atoms with Crippen molar-refractivity contribution in [3.8, 4) is 0 Å². The van der Waals surface area contributed by atoms with Crippen LogP contribution in [-0.4, -0.2) is 57.8 Å². The molecule has 5 atom stereocenters. The van der Waals surface area contributed by atoms with E-state index in [4.69, 9.17) is 20.4 Å². The molecule has 0 aliphatic carbocycles. The Hall–Kier alpha value is -0.270. The number of ether oxygens (including phenoxy) is 1. The molecule has 0 aromatic heterocycles. The topological polar surface area (TPSA) is 90.2 Å². The lowest BCUT2D eigenvalue weighted by atomic mass is 10.0. The van der Waals surface area contributed by atoms with Gasteiger partial charge in [0.1, 0.15) is 18.3 Å². The van der Waals surface area contributed by atoms with Gasteiger partial charge in [-0.1, -0.05) is 0 Å². The highest BCUT2D eigenvalue weighted by molar-refractivity contribution is 4.88. The van der Waals surface area contributed by atoms with Crippen LogP contribution in [0.3, 0.4) is 0 Å². The first kappa shape index (κ1) is 9.82. The molecule has 4 N–H and O–H groups in total. The summed E-state index contributed by atoms with van der Waals surface area (Å²) in [6, 6.07) is 0. The van der Waals surface area contributed by atoms with Gasteiger partial charge in [-0.3, -0.25) is 0 Å². The molecule has 1 fully saturated rings. The van der Waals surface area contributed by atoms with Crippen molar-refractivity contribution >= 4 is 0 Å². The lowest BCUT2D eigenvalue weighted by Crippen LogP contribution is -2.56. The molecule has 0 amide bonds. The number of hydrogen-bond donors (Lipinski definition) is 4. The van der Waals surface area contributed by atoms with Gasteiger partial charge in [-0.15, -0.1) is 0 Å². The number of aliphatic hydroxyl groups excluding tert-OH is 4. The van der Waals surface area contributed by atoms with Gasteiger partial charge in [0, 0.05) is 0 Å². The Morgan fingerprint density at radius 3 is 2.25 bits per heavy atom. The van der Waals surface area contributed by atoms with E-state index in [1.54, 1.807) is 0 Å². The zero-order valence-corrected chi connectivity index (χ0v) is 6.17. The number of hydrogen-bond acceptors (Lipinski definition) is 5. The second-order valence-corrected chi connectivity index (χ2v) is 2.67. The summed E-state index contributed by atoms with van der Waals surface area (Å²) in [6.07, 6.45) is -8.19. The fourth-order valence-corrected chi connectivity index (χ4v) is 1.06. The van der Waals surface area contributed by atoms with E-state index in [9.17, 15) is 4.39 Å². The summed E-state index contributed by atoms with van der Waals surface area (Å²) < 4.78 is 17.1. The summed E-state index contributed by atoms with van der Waals surface area (Å²) in [5.74, 6) is 0. The minimum Gasteiger partial charge on any atom is -0.394 e. The minimum atomic E-state index is -2.04. The summed E-state index contributed by atoms with van der Waals surface area (Å²) >= 11 is 0. The molecule has 12 heavy (non-hydrogen) atoms. The predicted octanol–water partition coefficient (Wildman–Crippen LogP) is -2.24. The molecular formula is C6H11FO5. The van der Waals surface area contributed by atoms with Crippen LogP contribution in [-0.2, 0) is 4.74 Å². The first-order valence-corrected chi connectivity index (χ1v) is 3.52. The van der Waals surface area contributed by atoms with Crippen molar-refractivity contribution in [2.75, 3.05) is 6.61 Å². The van der Waals surface area contributed by atoms with Gasteiger partial charge in [0.25, 0.3) is 0 Å². The molecule has 1 aliphatic heterocycles. The van der Waals surface area contributed by atoms with Gasteiger partial charge >= 0.3 is 0 Å². The van der Waals surface area contributed by atoms with E-state index in [0.29, 0.717) is 0 Å². The third-order valence-corrected chi connectivity index (χ3v) is 1.82.